The van der Waals surface area contributed by atoms with E-state index in [2.05, 4.69) is 10.2 Å². The summed E-state index contributed by atoms with van der Waals surface area (Å²) in [5.74, 6) is 0.705. The molecule has 150 valence electrons. The van der Waals surface area contributed by atoms with E-state index in [1.54, 1.807) is 24.5 Å². The van der Waals surface area contributed by atoms with E-state index in [1.807, 2.05) is 12.1 Å². The van der Waals surface area contributed by atoms with E-state index < -0.39 is 10.0 Å². The Labute approximate surface area is 165 Å². The molecule has 1 atom stereocenters. The first-order valence-corrected chi connectivity index (χ1v) is 11.4. The lowest BCUT2D eigenvalue weighted by Gasteiger charge is -2.26. The number of carbonyl (C=O) groups is 1. The highest BCUT2D eigenvalue weighted by Crippen LogP contribution is 2.31. The van der Waals surface area contributed by atoms with Crippen LogP contribution in [-0.2, 0) is 16.4 Å². The third kappa shape index (κ3) is 3.79. The van der Waals surface area contributed by atoms with Gasteiger partial charge in [0.25, 0.3) is 5.91 Å². The van der Waals surface area contributed by atoms with Gasteiger partial charge in [-0.15, -0.1) is 0 Å². The molecule has 3 heterocycles. The van der Waals surface area contributed by atoms with Crippen molar-refractivity contribution in [2.45, 2.75) is 25.3 Å². The first-order valence-electron chi connectivity index (χ1n) is 9.60. The zero-order valence-electron chi connectivity index (χ0n) is 15.9. The quantitative estimate of drug-likeness (QED) is 0.799. The van der Waals surface area contributed by atoms with E-state index in [1.165, 1.54) is 10.6 Å². The van der Waals surface area contributed by atoms with Crippen LogP contribution in [0.5, 0.6) is 0 Å². The van der Waals surface area contributed by atoms with Crippen molar-refractivity contribution in [2.24, 2.45) is 0 Å². The molecule has 1 aromatic carbocycles. The lowest BCUT2D eigenvalue weighted by molar-refractivity contribution is 0.0933. The molecule has 0 radical (unpaired) electrons. The maximum Gasteiger partial charge on any atom is 0.251 e. The van der Waals surface area contributed by atoms with Crippen LogP contribution in [0, 0.1) is 0 Å². The topological polar surface area (TPSA) is 82.9 Å². The molecule has 2 aliphatic heterocycles. The van der Waals surface area contributed by atoms with Crippen molar-refractivity contribution in [1.29, 1.82) is 0 Å². The van der Waals surface area contributed by atoms with Gasteiger partial charge in [0, 0.05) is 18.7 Å². The van der Waals surface area contributed by atoms with Crippen LogP contribution < -0.4 is 9.62 Å². The first kappa shape index (κ1) is 19.0. The van der Waals surface area contributed by atoms with Gasteiger partial charge in [-0.1, -0.05) is 0 Å². The van der Waals surface area contributed by atoms with Crippen molar-refractivity contribution in [1.82, 2.24) is 10.2 Å². The minimum Gasteiger partial charge on any atom is -0.468 e. The first-order chi connectivity index (χ1) is 13.4. The van der Waals surface area contributed by atoms with E-state index >= 15 is 0 Å². The van der Waals surface area contributed by atoms with Crippen LogP contribution in [0.1, 0.15) is 40.6 Å². The number of fused-ring (bicyclic) bond motifs is 1. The summed E-state index contributed by atoms with van der Waals surface area (Å²) in [7, 11) is -3.29. The van der Waals surface area contributed by atoms with Gasteiger partial charge in [0.2, 0.25) is 10.0 Å². The summed E-state index contributed by atoms with van der Waals surface area (Å²) < 4.78 is 30.7. The largest absolute Gasteiger partial charge is 0.468 e. The number of likely N-dealkylation sites (tertiary alicyclic amines) is 1. The van der Waals surface area contributed by atoms with Crippen LogP contribution in [0.3, 0.4) is 0 Å². The van der Waals surface area contributed by atoms with Gasteiger partial charge in [0.1, 0.15) is 5.76 Å². The highest BCUT2D eigenvalue weighted by Gasteiger charge is 2.28. The average molecular weight is 404 g/mol. The highest BCUT2D eigenvalue weighted by molar-refractivity contribution is 7.92. The number of carbonyl (C=O) groups excluding carboxylic acids is 1. The molecular weight excluding hydrogens is 378 g/mol. The Balaban J connectivity index is 1.46. The Morgan fingerprint density at radius 3 is 2.68 bits per heavy atom. The smallest absolute Gasteiger partial charge is 0.251 e. The summed E-state index contributed by atoms with van der Waals surface area (Å²) in [5, 5.41) is 3.02. The standard InChI is InChI=1S/C20H25N3O4S/c1-28(25,26)23-11-8-15-13-16(6-7-17(15)23)20(24)21-14-18(19-5-4-12-27-19)22-9-2-3-10-22/h4-7,12-13,18H,2-3,8-11,14H2,1H3,(H,21,24)/t18-/m0/s1. The van der Waals surface area contributed by atoms with Crippen molar-refractivity contribution in [3.05, 3.63) is 53.5 Å². The number of nitrogens with zero attached hydrogens (tertiary/aromatic N) is 2. The number of sulfonamides is 1. The van der Waals surface area contributed by atoms with Gasteiger partial charge in [-0.2, -0.15) is 0 Å². The fourth-order valence-electron chi connectivity index (χ4n) is 4.09. The predicted molar refractivity (Wildman–Crippen MR) is 107 cm³/mol. The third-order valence-electron chi connectivity index (χ3n) is 5.50. The minimum absolute atomic E-state index is 0.0246. The van der Waals surface area contributed by atoms with Gasteiger partial charge in [0.15, 0.2) is 0 Å². The van der Waals surface area contributed by atoms with Gasteiger partial charge < -0.3 is 9.73 Å². The Hall–Kier alpha value is -2.32. The molecule has 7 nitrogen and oxygen atoms in total. The van der Waals surface area contributed by atoms with E-state index in [0.29, 0.717) is 30.8 Å². The summed E-state index contributed by atoms with van der Waals surface area (Å²) in [6, 6.07) is 9.06. The maximum atomic E-state index is 12.7. The number of furan rings is 1. The van der Waals surface area contributed by atoms with Crippen LogP contribution in [-0.4, -0.2) is 51.7 Å². The Bertz CT molecular complexity index is 950. The number of anilines is 1. The molecule has 28 heavy (non-hydrogen) atoms. The van der Waals surface area contributed by atoms with Crippen LogP contribution in [0.2, 0.25) is 0 Å². The predicted octanol–water partition coefficient (Wildman–Crippen LogP) is 2.17. The SMILES string of the molecule is CS(=O)(=O)N1CCc2cc(C(=O)NC[C@@H](c3ccco3)N3CCCC3)ccc21. The molecule has 0 spiro atoms. The second kappa shape index (κ2) is 7.60. The van der Waals surface area contributed by atoms with Crippen molar-refractivity contribution < 1.29 is 17.6 Å². The Morgan fingerprint density at radius 1 is 1.21 bits per heavy atom. The molecule has 1 fully saturated rings. The summed E-state index contributed by atoms with van der Waals surface area (Å²) >= 11 is 0. The van der Waals surface area contributed by atoms with Crippen molar-refractivity contribution in [2.75, 3.05) is 36.7 Å². The van der Waals surface area contributed by atoms with Crippen LogP contribution >= 0.6 is 0 Å². The number of benzene rings is 1. The third-order valence-corrected chi connectivity index (χ3v) is 6.68. The molecule has 2 aromatic rings. The molecule has 2 aliphatic rings. The van der Waals surface area contributed by atoms with Gasteiger partial charge in [-0.25, -0.2) is 8.42 Å². The van der Waals surface area contributed by atoms with Gasteiger partial charge in [0.05, 0.1) is 24.2 Å². The molecule has 1 amide bonds. The zero-order valence-corrected chi connectivity index (χ0v) is 16.7. The molecular formula is C20H25N3O4S. The van der Waals surface area contributed by atoms with E-state index in [0.717, 1.165) is 37.3 Å². The van der Waals surface area contributed by atoms with Crippen LogP contribution in [0.15, 0.2) is 41.0 Å². The Kier molecular flexibility index (Phi) is 5.16. The Morgan fingerprint density at radius 2 is 2.00 bits per heavy atom. The van der Waals surface area contributed by atoms with E-state index in [9.17, 15) is 13.2 Å². The lowest BCUT2D eigenvalue weighted by Crippen LogP contribution is -2.36. The lowest BCUT2D eigenvalue weighted by atomic mass is 10.1. The number of nitrogens with one attached hydrogen (secondary N) is 1. The summed E-state index contributed by atoms with van der Waals surface area (Å²) in [6.07, 6.45) is 5.80. The molecule has 8 heteroatoms. The van der Waals surface area contributed by atoms with E-state index in [4.69, 9.17) is 4.42 Å². The van der Waals surface area contributed by atoms with E-state index in [-0.39, 0.29) is 11.9 Å². The van der Waals surface area contributed by atoms with Crippen LogP contribution in [0.25, 0.3) is 0 Å². The average Bonchev–Trinajstić information content (AvgIpc) is 3.41. The normalized spacial score (nSPS) is 18.2. The molecule has 0 unspecified atom stereocenters. The zero-order chi connectivity index (χ0) is 19.7. The molecule has 1 saturated heterocycles. The number of hydrogen-bond acceptors (Lipinski definition) is 5. The molecule has 0 bridgehead atoms. The van der Waals surface area contributed by atoms with Gasteiger partial charge in [-0.05, 0) is 68.2 Å². The monoisotopic (exact) mass is 403 g/mol. The highest BCUT2D eigenvalue weighted by atomic mass is 32.2. The summed E-state index contributed by atoms with van der Waals surface area (Å²) in [5.41, 5.74) is 2.11. The molecule has 1 aromatic heterocycles. The molecule has 4 rings (SSSR count). The maximum absolute atomic E-state index is 12.7. The minimum atomic E-state index is -3.29. The molecule has 0 aliphatic carbocycles. The molecule has 0 saturated carbocycles. The second-order valence-electron chi connectivity index (χ2n) is 7.41. The van der Waals surface area contributed by atoms with Crippen molar-refractivity contribution in [3.63, 3.8) is 0 Å². The van der Waals surface area contributed by atoms with Crippen LogP contribution in [0.4, 0.5) is 5.69 Å². The number of hydrogen-bond donors (Lipinski definition) is 1. The van der Waals surface area contributed by atoms with Gasteiger partial charge in [-0.3, -0.25) is 14.0 Å². The van der Waals surface area contributed by atoms with Crippen molar-refractivity contribution >= 4 is 21.6 Å². The second-order valence-corrected chi connectivity index (χ2v) is 9.32. The summed E-state index contributed by atoms with van der Waals surface area (Å²) in [6.45, 7) is 2.90. The molecule has 1 N–H and O–H groups in total. The fourth-order valence-corrected chi connectivity index (χ4v) is 5.05. The summed E-state index contributed by atoms with van der Waals surface area (Å²) in [4.78, 5) is 15.1. The fraction of sp³-hybridized carbons (Fsp3) is 0.450. The van der Waals surface area contributed by atoms with Crippen molar-refractivity contribution in [3.8, 4) is 0 Å². The van der Waals surface area contributed by atoms with Gasteiger partial charge >= 0.3 is 0 Å². The number of amides is 1. The number of rotatable bonds is 6.